The minimum absolute atomic E-state index is 0.0469. The molecule has 37 heavy (non-hydrogen) atoms. The molecule has 0 aromatic heterocycles. The fraction of sp³-hybridized carbons (Fsp3) is 0.214. The Hall–Kier alpha value is -4.17. The number of carbonyl (C=O) groups excluding carboxylic acids is 4. The summed E-state index contributed by atoms with van der Waals surface area (Å²) in [4.78, 5) is 50.7. The van der Waals surface area contributed by atoms with Crippen molar-refractivity contribution in [3.8, 4) is 0 Å². The lowest BCUT2D eigenvalue weighted by Crippen LogP contribution is -2.45. The molecular formula is C28H26ClN3O5. The van der Waals surface area contributed by atoms with Gasteiger partial charge in [0.2, 0.25) is 5.91 Å². The normalized spacial score (nSPS) is 14.9. The van der Waals surface area contributed by atoms with E-state index in [1.165, 1.54) is 0 Å². The van der Waals surface area contributed by atoms with Gasteiger partial charge in [-0.3, -0.25) is 29.6 Å². The van der Waals surface area contributed by atoms with Gasteiger partial charge in [0.05, 0.1) is 18.4 Å². The van der Waals surface area contributed by atoms with E-state index < -0.39 is 42.1 Å². The molecule has 190 valence electrons. The molecule has 1 aliphatic rings. The number of nitrogens with zero attached hydrogens (tertiary/aromatic N) is 1. The van der Waals surface area contributed by atoms with Crippen molar-refractivity contribution in [2.24, 2.45) is 5.92 Å². The van der Waals surface area contributed by atoms with Crippen LogP contribution in [-0.4, -0.2) is 41.9 Å². The van der Waals surface area contributed by atoms with Gasteiger partial charge in [0.1, 0.15) is 0 Å². The molecule has 0 spiro atoms. The fourth-order valence-corrected chi connectivity index (χ4v) is 4.30. The smallest absolute Gasteiger partial charge is 0.311 e. The average Bonchev–Trinajstić information content (AvgIpc) is 3.26. The van der Waals surface area contributed by atoms with Crippen LogP contribution in [0.5, 0.6) is 0 Å². The zero-order chi connectivity index (χ0) is 26.4. The largest absolute Gasteiger partial charge is 0.455 e. The maximum absolute atomic E-state index is 13.3. The Labute approximate surface area is 219 Å². The first kappa shape index (κ1) is 25.9. The highest BCUT2D eigenvalue weighted by molar-refractivity contribution is 6.31. The number of anilines is 1. The minimum Gasteiger partial charge on any atom is -0.455 e. The standard InChI is InChI=1S/C28H26ClN3O5/c1-18-12-13-22(29)15-23(18)30-24(33)17-37-28(36)21-14-25(34)32(16-21)31-27(35)26(19-8-4-2-5-9-19)20-10-6-3-7-11-20/h2-13,15,21,26H,14,16-17H2,1H3,(H,30,33)(H,31,35)/t21-/m1/s1. The first-order valence-electron chi connectivity index (χ1n) is 11.7. The summed E-state index contributed by atoms with van der Waals surface area (Å²) in [7, 11) is 0. The van der Waals surface area contributed by atoms with Crippen LogP contribution in [0.2, 0.25) is 5.02 Å². The molecule has 1 aliphatic heterocycles. The molecule has 3 amide bonds. The molecule has 1 atom stereocenters. The van der Waals surface area contributed by atoms with Gasteiger partial charge in [0.25, 0.3) is 11.8 Å². The molecule has 1 saturated heterocycles. The lowest BCUT2D eigenvalue weighted by molar-refractivity contribution is -0.151. The molecule has 3 aromatic rings. The van der Waals surface area contributed by atoms with Crippen LogP contribution in [0.25, 0.3) is 0 Å². The van der Waals surface area contributed by atoms with Gasteiger partial charge in [0, 0.05) is 17.1 Å². The van der Waals surface area contributed by atoms with Gasteiger partial charge in [-0.15, -0.1) is 0 Å². The molecular weight excluding hydrogens is 494 g/mol. The molecule has 8 nitrogen and oxygen atoms in total. The van der Waals surface area contributed by atoms with E-state index in [2.05, 4.69) is 10.7 Å². The van der Waals surface area contributed by atoms with E-state index >= 15 is 0 Å². The Balaban J connectivity index is 1.35. The van der Waals surface area contributed by atoms with Crippen molar-refractivity contribution in [3.63, 3.8) is 0 Å². The molecule has 0 bridgehead atoms. The molecule has 1 heterocycles. The summed E-state index contributed by atoms with van der Waals surface area (Å²) in [5.74, 6) is -3.46. The van der Waals surface area contributed by atoms with E-state index in [4.69, 9.17) is 16.3 Å². The number of esters is 1. The predicted octanol–water partition coefficient (Wildman–Crippen LogP) is 3.84. The second-order valence-corrected chi connectivity index (χ2v) is 9.19. The van der Waals surface area contributed by atoms with Gasteiger partial charge < -0.3 is 10.1 Å². The van der Waals surface area contributed by atoms with E-state index in [0.717, 1.165) is 21.7 Å². The molecule has 0 radical (unpaired) electrons. The SMILES string of the molecule is Cc1ccc(Cl)cc1NC(=O)COC(=O)[C@@H]1CC(=O)N(NC(=O)C(c2ccccc2)c2ccccc2)C1. The predicted molar refractivity (Wildman–Crippen MR) is 138 cm³/mol. The Kier molecular flexibility index (Phi) is 8.20. The molecule has 0 aliphatic carbocycles. The zero-order valence-corrected chi connectivity index (χ0v) is 20.9. The summed E-state index contributed by atoms with van der Waals surface area (Å²) in [6.45, 7) is 1.26. The van der Waals surface area contributed by atoms with Crippen molar-refractivity contribution in [1.82, 2.24) is 10.4 Å². The van der Waals surface area contributed by atoms with Gasteiger partial charge in [-0.25, -0.2) is 0 Å². The Morgan fingerprint density at radius 2 is 1.62 bits per heavy atom. The van der Waals surface area contributed by atoms with Crippen LogP contribution < -0.4 is 10.7 Å². The summed E-state index contributed by atoms with van der Waals surface area (Å²) in [5, 5.41) is 4.25. The van der Waals surface area contributed by atoms with Crippen LogP contribution in [0.1, 0.15) is 29.0 Å². The van der Waals surface area contributed by atoms with Crippen LogP contribution >= 0.6 is 11.6 Å². The molecule has 1 fully saturated rings. The van der Waals surface area contributed by atoms with Gasteiger partial charge >= 0.3 is 5.97 Å². The van der Waals surface area contributed by atoms with Crippen LogP contribution in [0, 0.1) is 12.8 Å². The third-order valence-electron chi connectivity index (χ3n) is 6.05. The third kappa shape index (κ3) is 6.54. The van der Waals surface area contributed by atoms with E-state index in [1.54, 1.807) is 18.2 Å². The Morgan fingerprint density at radius 1 is 1.00 bits per heavy atom. The van der Waals surface area contributed by atoms with Crippen molar-refractivity contribution in [2.75, 3.05) is 18.5 Å². The minimum atomic E-state index is -0.805. The number of rotatable bonds is 8. The average molecular weight is 520 g/mol. The number of amides is 3. The maximum Gasteiger partial charge on any atom is 0.311 e. The monoisotopic (exact) mass is 519 g/mol. The number of hydrogen-bond donors (Lipinski definition) is 2. The van der Waals surface area contributed by atoms with Crippen molar-refractivity contribution < 1.29 is 23.9 Å². The van der Waals surface area contributed by atoms with Crippen LogP contribution in [0.3, 0.4) is 0 Å². The number of ether oxygens (including phenoxy) is 1. The van der Waals surface area contributed by atoms with Crippen molar-refractivity contribution in [3.05, 3.63) is 101 Å². The first-order valence-corrected chi connectivity index (χ1v) is 12.1. The van der Waals surface area contributed by atoms with Gasteiger partial charge in [0.15, 0.2) is 6.61 Å². The van der Waals surface area contributed by atoms with Gasteiger partial charge in [-0.05, 0) is 35.7 Å². The number of halogens is 1. The number of nitrogens with one attached hydrogen (secondary N) is 2. The zero-order valence-electron chi connectivity index (χ0n) is 20.1. The highest BCUT2D eigenvalue weighted by Crippen LogP contribution is 2.26. The van der Waals surface area contributed by atoms with Crippen molar-refractivity contribution in [2.45, 2.75) is 19.3 Å². The Bertz CT molecular complexity index is 1260. The summed E-state index contributed by atoms with van der Waals surface area (Å²) in [6.07, 6.45) is -0.129. The number of hydrogen-bond acceptors (Lipinski definition) is 5. The van der Waals surface area contributed by atoms with E-state index in [9.17, 15) is 19.2 Å². The summed E-state index contributed by atoms with van der Waals surface area (Å²) in [5.41, 5.74) is 5.54. The number of hydrazine groups is 1. The maximum atomic E-state index is 13.3. The fourth-order valence-electron chi connectivity index (χ4n) is 4.13. The number of carbonyl (C=O) groups is 4. The van der Waals surface area contributed by atoms with Crippen molar-refractivity contribution in [1.29, 1.82) is 0 Å². The summed E-state index contributed by atoms with van der Waals surface area (Å²) in [6, 6.07) is 23.5. The lowest BCUT2D eigenvalue weighted by atomic mass is 9.91. The highest BCUT2D eigenvalue weighted by atomic mass is 35.5. The second kappa shape index (κ2) is 11.7. The van der Waals surface area contributed by atoms with E-state index in [1.807, 2.05) is 67.6 Å². The molecule has 0 unspecified atom stereocenters. The Morgan fingerprint density at radius 3 is 2.24 bits per heavy atom. The molecule has 9 heteroatoms. The summed E-state index contributed by atoms with van der Waals surface area (Å²) < 4.78 is 5.14. The first-order chi connectivity index (χ1) is 17.8. The highest BCUT2D eigenvalue weighted by Gasteiger charge is 2.37. The van der Waals surface area contributed by atoms with Crippen molar-refractivity contribution >= 4 is 41.0 Å². The molecule has 4 rings (SSSR count). The van der Waals surface area contributed by atoms with Crippen LogP contribution in [-0.2, 0) is 23.9 Å². The second-order valence-electron chi connectivity index (χ2n) is 8.75. The summed E-state index contributed by atoms with van der Waals surface area (Å²) >= 11 is 5.96. The molecule has 2 N–H and O–H groups in total. The molecule has 3 aromatic carbocycles. The molecule has 0 saturated carbocycles. The third-order valence-corrected chi connectivity index (χ3v) is 6.29. The topological polar surface area (TPSA) is 105 Å². The number of benzene rings is 3. The van der Waals surface area contributed by atoms with Gasteiger partial charge in [-0.1, -0.05) is 78.3 Å². The van der Waals surface area contributed by atoms with E-state index in [0.29, 0.717) is 10.7 Å². The van der Waals surface area contributed by atoms with Crippen LogP contribution in [0.15, 0.2) is 78.9 Å². The number of aryl methyl sites for hydroxylation is 1. The lowest BCUT2D eigenvalue weighted by Gasteiger charge is -2.23. The van der Waals surface area contributed by atoms with Crippen LogP contribution in [0.4, 0.5) is 5.69 Å². The van der Waals surface area contributed by atoms with E-state index in [-0.39, 0.29) is 13.0 Å². The van der Waals surface area contributed by atoms with Gasteiger partial charge in [-0.2, -0.15) is 0 Å². The quantitative estimate of drug-likeness (QED) is 0.440.